The molecule has 2 saturated heterocycles. The highest BCUT2D eigenvalue weighted by Crippen LogP contribution is 2.19. The molecule has 1 amide bonds. The molecule has 80 valence electrons. The minimum atomic E-state index is -0.176. The van der Waals surface area contributed by atoms with Crippen molar-refractivity contribution in [2.45, 2.75) is 19.4 Å². The second kappa shape index (κ2) is 3.51. The zero-order valence-corrected chi connectivity index (χ0v) is 8.88. The van der Waals surface area contributed by atoms with Crippen LogP contribution in [-0.2, 0) is 9.53 Å². The highest BCUT2D eigenvalue weighted by molar-refractivity contribution is 5.80. The van der Waals surface area contributed by atoms with Crippen molar-refractivity contribution in [2.24, 2.45) is 5.92 Å². The first kappa shape index (κ1) is 9.93. The molecule has 4 heteroatoms. The molecule has 14 heavy (non-hydrogen) atoms. The lowest BCUT2D eigenvalue weighted by Crippen LogP contribution is -2.57. The van der Waals surface area contributed by atoms with E-state index in [4.69, 9.17) is 4.74 Å². The van der Waals surface area contributed by atoms with Crippen molar-refractivity contribution in [1.29, 1.82) is 0 Å². The van der Waals surface area contributed by atoms with Crippen LogP contribution in [-0.4, -0.2) is 49.2 Å². The average Bonchev–Trinajstić information content (AvgIpc) is 1.99. The third-order valence-electron chi connectivity index (χ3n) is 2.87. The van der Waals surface area contributed by atoms with E-state index in [1.165, 1.54) is 0 Å². The maximum atomic E-state index is 11.9. The number of nitrogens with zero attached hydrogens (tertiary/aromatic N) is 1. The molecule has 0 aliphatic carbocycles. The molecule has 1 N–H and O–H groups in total. The number of hydrogen-bond acceptors (Lipinski definition) is 3. The molecule has 0 aromatic carbocycles. The number of amides is 1. The highest BCUT2D eigenvalue weighted by Gasteiger charge is 2.35. The smallest absolute Gasteiger partial charge is 0.228 e. The van der Waals surface area contributed by atoms with Crippen LogP contribution in [0.2, 0.25) is 0 Å². The number of morpholine rings is 1. The van der Waals surface area contributed by atoms with Gasteiger partial charge in [-0.1, -0.05) is 0 Å². The van der Waals surface area contributed by atoms with Crippen molar-refractivity contribution in [1.82, 2.24) is 10.2 Å². The Morgan fingerprint density at radius 1 is 1.50 bits per heavy atom. The summed E-state index contributed by atoms with van der Waals surface area (Å²) in [6, 6.07) is 0. The van der Waals surface area contributed by atoms with Crippen molar-refractivity contribution in [3.63, 3.8) is 0 Å². The van der Waals surface area contributed by atoms with E-state index < -0.39 is 0 Å². The molecule has 0 unspecified atom stereocenters. The molecule has 4 nitrogen and oxygen atoms in total. The van der Waals surface area contributed by atoms with Gasteiger partial charge in [0.1, 0.15) is 0 Å². The van der Waals surface area contributed by atoms with E-state index in [-0.39, 0.29) is 11.5 Å². The number of nitrogens with one attached hydrogen (secondary N) is 1. The largest absolute Gasteiger partial charge is 0.372 e. The SMILES string of the molecule is CC1(C)CN(C(=O)C2CNC2)CCO1. The van der Waals surface area contributed by atoms with E-state index in [0.29, 0.717) is 12.5 Å². The van der Waals surface area contributed by atoms with Gasteiger partial charge in [0.15, 0.2) is 0 Å². The van der Waals surface area contributed by atoms with Gasteiger partial charge in [-0.3, -0.25) is 4.79 Å². The zero-order valence-electron chi connectivity index (χ0n) is 8.88. The van der Waals surface area contributed by atoms with E-state index in [0.717, 1.165) is 26.2 Å². The molecular weight excluding hydrogens is 180 g/mol. The quantitative estimate of drug-likeness (QED) is 0.637. The number of carbonyl (C=O) groups is 1. The van der Waals surface area contributed by atoms with Crippen LogP contribution in [0.5, 0.6) is 0 Å². The Hall–Kier alpha value is -0.610. The molecule has 0 bridgehead atoms. The Morgan fingerprint density at radius 2 is 2.21 bits per heavy atom. The Labute approximate surface area is 84.6 Å². The molecule has 0 saturated carbocycles. The normalized spacial score (nSPS) is 27.1. The number of ether oxygens (including phenoxy) is 1. The lowest BCUT2D eigenvalue weighted by Gasteiger charge is -2.41. The fourth-order valence-corrected chi connectivity index (χ4v) is 1.93. The summed E-state index contributed by atoms with van der Waals surface area (Å²) in [7, 11) is 0. The minimum absolute atomic E-state index is 0.176. The second-order valence-electron chi connectivity index (χ2n) is 4.72. The summed E-state index contributed by atoms with van der Waals surface area (Å²) in [6.45, 7) is 7.89. The van der Waals surface area contributed by atoms with Crippen LogP contribution in [0.15, 0.2) is 0 Å². The maximum Gasteiger partial charge on any atom is 0.228 e. The van der Waals surface area contributed by atoms with Crippen LogP contribution in [0.25, 0.3) is 0 Å². The molecule has 2 aliphatic rings. The van der Waals surface area contributed by atoms with E-state index in [2.05, 4.69) is 5.32 Å². The third-order valence-corrected chi connectivity index (χ3v) is 2.87. The van der Waals surface area contributed by atoms with E-state index in [1.807, 2.05) is 18.7 Å². The summed E-state index contributed by atoms with van der Waals surface area (Å²) in [6.07, 6.45) is 0. The van der Waals surface area contributed by atoms with Crippen LogP contribution in [0.3, 0.4) is 0 Å². The van der Waals surface area contributed by atoms with Crippen molar-refractivity contribution >= 4 is 5.91 Å². The van der Waals surface area contributed by atoms with Crippen LogP contribution < -0.4 is 5.32 Å². The number of hydrogen-bond donors (Lipinski definition) is 1. The van der Waals surface area contributed by atoms with Gasteiger partial charge in [0, 0.05) is 26.2 Å². The van der Waals surface area contributed by atoms with Crippen molar-refractivity contribution in [3.8, 4) is 0 Å². The van der Waals surface area contributed by atoms with Gasteiger partial charge in [-0.05, 0) is 13.8 Å². The average molecular weight is 198 g/mol. The van der Waals surface area contributed by atoms with Crippen molar-refractivity contribution in [2.75, 3.05) is 32.8 Å². The van der Waals surface area contributed by atoms with Crippen molar-refractivity contribution in [3.05, 3.63) is 0 Å². The van der Waals surface area contributed by atoms with Gasteiger partial charge in [-0.15, -0.1) is 0 Å². The Bertz CT molecular complexity index is 236. The summed E-state index contributed by atoms with van der Waals surface area (Å²) >= 11 is 0. The summed E-state index contributed by atoms with van der Waals surface area (Å²) in [5.41, 5.74) is -0.176. The Morgan fingerprint density at radius 3 is 2.71 bits per heavy atom. The molecule has 0 spiro atoms. The molecule has 2 aliphatic heterocycles. The molecule has 0 aromatic heterocycles. The summed E-state index contributed by atoms with van der Waals surface area (Å²) < 4.78 is 5.57. The summed E-state index contributed by atoms with van der Waals surface area (Å²) in [4.78, 5) is 13.8. The number of rotatable bonds is 1. The zero-order chi connectivity index (χ0) is 10.2. The first-order chi connectivity index (χ1) is 6.58. The van der Waals surface area contributed by atoms with Crippen LogP contribution in [0.4, 0.5) is 0 Å². The maximum absolute atomic E-state index is 11.9. The van der Waals surface area contributed by atoms with Gasteiger partial charge < -0.3 is 15.0 Å². The van der Waals surface area contributed by atoms with Crippen LogP contribution in [0, 0.1) is 5.92 Å². The van der Waals surface area contributed by atoms with Crippen molar-refractivity contribution < 1.29 is 9.53 Å². The number of carbonyl (C=O) groups excluding carboxylic acids is 1. The third kappa shape index (κ3) is 1.91. The molecule has 0 atom stereocenters. The summed E-state index contributed by atoms with van der Waals surface area (Å²) in [5, 5.41) is 3.12. The van der Waals surface area contributed by atoms with Gasteiger partial charge in [-0.2, -0.15) is 0 Å². The van der Waals surface area contributed by atoms with Gasteiger partial charge in [-0.25, -0.2) is 0 Å². The van der Waals surface area contributed by atoms with Gasteiger partial charge in [0.2, 0.25) is 5.91 Å². The lowest BCUT2D eigenvalue weighted by atomic mass is 9.99. The Kier molecular flexibility index (Phi) is 2.49. The summed E-state index contributed by atoms with van der Waals surface area (Å²) in [5.74, 6) is 0.504. The Balaban J connectivity index is 1.93. The minimum Gasteiger partial charge on any atom is -0.372 e. The van der Waals surface area contributed by atoms with E-state index >= 15 is 0 Å². The predicted molar refractivity (Wildman–Crippen MR) is 53.0 cm³/mol. The van der Waals surface area contributed by atoms with E-state index in [9.17, 15) is 4.79 Å². The fraction of sp³-hybridized carbons (Fsp3) is 0.900. The standard InChI is InChI=1S/C10H18N2O2/c1-10(2)7-12(3-4-14-10)9(13)8-5-11-6-8/h8,11H,3-7H2,1-2H3. The van der Waals surface area contributed by atoms with Gasteiger partial charge in [0.25, 0.3) is 0 Å². The molecule has 2 fully saturated rings. The van der Waals surface area contributed by atoms with Gasteiger partial charge in [0.05, 0.1) is 18.1 Å². The van der Waals surface area contributed by atoms with Crippen LogP contribution in [0.1, 0.15) is 13.8 Å². The lowest BCUT2D eigenvalue weighted by molar-refractivity contribution is -0.151. The van der Waals surface area contributed by atoms with Gasteiger partial charge >= 0.3 is 0 Å². The highest BCUT2D eigenvalue weighted by atomic mass is 16.5. The van der Waals surface area contributed by atoms with E-state index in [1.54, 1.807) is 0 Å². The first-order valence-corrected chi connectivity index (χ1v) is 5.22. The molecular formula is C10H18N2O2. The second-order valence-corrected chi connectivity index (χ2v) is 4.72. The van der Waals surface area contributed by atoms with Crippen LogP contribution >= 0.6 is 0 Å². The topological polar surface area (TPSA) is 41.6 Å². The monoisotopic (exact) mass is 198 g/mol. The molecule has 0 aromatic rings. The molecule has 2 rings (SSSR count). The molecule has 2 heterocycles. The predicted octanol–water partition coefficient (Wildman–Crippen LogP) is -0.157. The molecule has 0 radical (unpaired) electrons. The first-order valence-electron chi connectivity index (χ1n) is 5.22. The fourth-order valence-electron chi connectivity index (χ4n) is 1.93.